The average molecular weight is 441 g/mol. The molecule has 1 N–H and O–H groups in total. The van der Waals surface area contributed by atoms with E-state index >= 15 is 0 Å². The number of aromatic nitrogens is 1. The lowest BCUT2D eigenvalue weighted by Gasteiger charge is -2.36. The lowest BCUT2D eigenvalue weighted by molar-refractivity contribution is -0.00545. The fourth-order valence-corrected chi connectivity index (χ4v) is 4.39. The number of hydrogen-bond acceptors (Lipinski definition) is 5. The highest BCUT2D eigenvalue weighted by Crippen LogP contribution is 2.31. The molecule has 1 amide bonds. The van der Waals surface area contributed by atoms with E-state index in [0.29, 0.717) is 16.8 Å². The van der Waals surface area contributed by atoms with Crippen molar-refractivity contribution in [3.8, 4) is 17.2 Å². The number of nitrogens with zero attached hydrogens (tertiary/aromatic N) is 3. The van der Waals surface area contributed by atoms with Crippen LogP contribution in [0.3, 0.4) is 0 Å². The van der Waals surface area contributed by atoms with Crippen molar-refractivity contribution in [2.45, 2.75) is 39.4 Å². The summed E-state index contributed by atoms with van der Waals surface area (Å²) >= 11 is 0. The second-order valence-corrected chi connectivity index (χ2v) is 8.38. The number of nitriles is 1. The second kappa shape index (κ2) is 9.85. The summed E-state index contributed by atoms with van der Waals surface area (Å²) in [5, 5.41) is 12.9. The first-order valence-electron chi connectivity index (χ1n) is 11.3. The Morgan fingerprint density at radius 1 is 1.12 bits per heavy atom. The van der Waals surface area contributed by atoms with Gasteiger partial charge in [0.15, 0.2) is 0 Å². The maximum absolute atomic E-state index is 13.1. The van der Waals surface area contributed by atoms with Crippen LogP contribution in [0, 0.1) is 11.3 Å². The van der Waals surface area contributed by atoms with Crippen LogP contribution in [0.1, 0.15) is 42.3 Å². The van der Waals surface area contributed by atoms with Gasteiger partial charge in [0.2, 0.25) is 0 Å². The normalized spacial score (nSPS) is 17.9. The Morgan fingerprint density at radius 2 is 1.85 bits per heavy atom. The van der Waals surface area contributed by atoms with Gasteiger partial charge in [-0.3, -0.25) is 4.79 Å². The molecule has 1 aliphatic heterocycles. The van der Waals surface area contributed by atoms with E-state index in [-0.39, 0.29) is 18.1 Å². The molecule has 1 aromatic heterocycles. The average Bonchev–Trinajstić information content (AvgIpc) is 2.83. The van der Waals surface area contributed by atoms with Gasteiger partial charge in [-0.2, -0.15) is 5.26 Å². The number of ether oxygens (including phenoxy) is 1. The number of rotatable bonds is 5. The highest BCUT2D eigenvalue weighted by atomic mass is 16.5. The van der Waals surface area contributed by atoms with Gasteiger partial charge in [-0.15, -0.1) is 0 Å². The standard InChI is InChI=1S/C27H28N4O2/c1-4-20-10-12-23(24(14-28)26(20)21-8-6-5-7-9-21)27(32)30-22-11-13-25(29-15-22)31-16-18(2)33-19(3)17-31/h5-13,15,18-19H,4,16-17H2,1-3H3,(H,30,32). The minimum atomic E-state index is -0.324. The van der Waals surface area contributed by atoms with Crippen molar-refractivity contribution < 1.29 is 9.53 Å². The first kappa shape index (κ1) is 22.5. The minimum Gasteiger partial charge on any atom is -0.372 e. The molecule has 0 radical (unpaired) electrons. The number of aryl methyl sites for hydroxylation is 1. The summed E-state index contributed by atoms with van der Waals surface area (Å²) in [5.74, 6) is 0.529. The number of hydrogen-bond donors (Lipinski definition) is 1. The van der Waals surface area contributed by atoms with E-state index in [9.17, 15) is 10.1 Å². The zero-order valence-corrected chi connectivity index (χ0v) is 19.2. The third-order valence-corrected chi connectivity index (χ3v) is 5.84. The molecular formula is C27H28N4O2. The van der Waals surface area contributed by atoms with Gasteiger partial charge in [-0.1, -0.05) is 43.3 Å². The molecule has 3 aromatic rings. The summed E-state index contributed by atoms with van der Waals surface area (Å²) in [5.41, 5.74) is 4.11. The summed E-state index contributed by atoms with van der Waals surface area (Å²) in [4.78, 5) is 19.9. The molecule has 2 aromatic carbocycles. The molecule has 1 fully saturated rings. The quantitative estimate of drug-likeness (QED) is 0.601. The zero-order chi connectivity index (χ0) is 23.4. The molecule has 168 valence electrons. The van der Waals surface area contributed by atoms with Gasteiger partial charge in [0, 0.05) is 18.7 Å². The van der Waals surface area contributed by atoms with E-state index in [0.717, 1.165) is 42.0 Å². The SMILES string of the molecule is CCc1ccc(C(=O)Nc2ccc(N3CC(C)OC(C)C3)nc2)c(C#N)c1-c1ccccc1. The van der Waals surface area contributed by atoms with E-state index < -0.39 is 0 Å². The van der Waals surface area contributed by atoms with Crippen LogP contribution < -0.4 is 10.2 Å². The van der Waals surface area contributed by atoms with Gasteiger partial charge in [0.05, 0.1) is 35.2 Å². The van der Waals surface area contributed by atoms with E-state index in [1.54, 1.807) is 12.3 Å². The Hall–Kier alpha value is -3.69. The molecule has 0 aliphatic carbocycles. The summed E-state index contributed by atoms with van der Waals surface area (Å²) in [7, 11) is 0. The van der Waals surface area contributed by atoms with Crippen molar-refractivity contribution >= 4 is 17.4 Å². The van der Waals surface area contributed by atoms with Crippen LogP contribution in [0.2, 0.25) is 0 Å². The maximum atomic E-state index is 13.1. The van der Waals surface area contributed by atoms with Gasteiger partial charge in [-0.25, -0.2) is 4.98 Å². The number of carbonyl (C=O) groups is 1. The van der Waals surface area contributed by atoms with Crippen molar-refractivity contribution in [3.05, 3.63) is 77.5 Å². The van der Waals surface area contributed by atoms with Crippen LogP contribution in [0.15, 0.2) is 60.8 Å². The number of anilines is 2. The van der Waals surface area contributed by atoms with Gasteiger partial charge < -0.3 is 15.0 Å². The molecule has 2 atom stereocenters. The van der Waals surface area contributed by atoms with Crippen molar-refractivity contribution in [1.82, 2.24) is 4.98 Å². The lowest BCUT2D eigenvalue weighted by Crippen LogP contribution is -2.45. The Kier molecular flexibility index (Phi) is 6.71. The first-order valence-corrected chi connectivity index (χ1v) is 11.3. The van der Waals surface area contributed by atoms with Crippen LogP contribution in [-0.2, 0) is 11.2 Å². The topological polar surface area (TPSA) is 78.2 Å². The molecule has 0 spiro atoms. The van der Waals surface area contributed by atoms with Crippen molar-refractivity contribution in [2.24, 2.45) is 0 Å². The Morgan fingerprint density at radius 3 is 2.45 bits per heavy atom. The number of carbonyl (C=O) groups excluding carboxylic acids is 1. The molecule has 33 heavy (non-hydrogen) atoms. The first-order chi connectivity index (χ1) is 16.0. The number of amides is 1. The lowest BCUT2D eigenvalue weighted by atomic mass is 9.90. The third kappa shape index (κ3) is 4.89. The summed E-state index contributed by atoms with van der Waals surface area (Å²) < 4.78 is 5.79. The molecule has 1 saturated heterocycles. The molecule has 0 bridgehead atoms. The predicted molar refractivity (Wildman–Crippen MR) is 130 cm³/mol. The highest BCUT2D eigenvalue weighted by molar-refractivity contribution is 6.07. The van der Waals surface area contributed by atoms with Crippen LogP contribution in [0.4, 0.5) is 11.5 Å². The van der Waals surface area contributed by atoms with E-state index in [1.165, 1.54) is 0 Å². The summed E-state index contributed by atoms with van der Waals surface area (Å²) in [6.07, 6.45) is 2.71. The summed E-state index contributed by atoms with van der Waals surface area (Å²) in [6.45, 7) is 7.71. The number of pyridine rings is 1. The zero-order valence-electron chi connectivity index (χ0n) is 19.2. The maximum Gasteiger partial charge on any atom is 0.257 e. The van der Waals surface area contributed by atoms with Crippen molar-refractivity contribution in [1.29, 1.82) is 5.26 Å². The molecular weight excluding hydrogens is 412 g/mol. The fourth-order valence-electron chi connectivity index (χ4n) is 4.39. The predicted octanol–water partition coefficient (Wildman–Crippen LogP) is 5.05. The van der Waals surface area contributed by atoms with Crippen LogP contribution in [0.25, 0.3) is 11.1 Å². The van der Waals surface area contributed by atoms with Gasteiger partial charge in [0.25, 0.3) is 5.91 Å². The van der Waals surface area contributed by atoms with Crippen LogP contribution >= 0.6 is 0 Å². The summed E-state index contributed by atoms with van der Waals surface area (Å²) in [6, 6.07) is 19.4. The molecule has 1 aliphatic rings. The number of nitrogens with one attached hydrogen (secondary N) is 1. The van der Waals surface area contributed by atoms with E-state index in [4.69, 9.17) is 4.74 Å². The largest absolute Gasteiger partial charge is 0.372 e. The number of benzene rings is 2. The molecule has 0 saturated carbocycles. The molecule has 6 nitrogen and oxygen atoms in total. The van der Waals surface area contributed by atoms with Crippen molar-refractivity contribution in [2.75, 3.05) is 23.3 Å². The smallest absolute Gasteiger partial charge is 0.257 e. The second-order valence-electron chi connectivity index (χ2n) is 8.38. The van der Waals surface area contributed by atoms with Gasteiger partial charge in [-0.05, 0) is 49.6 Å². The van der Waals surface area contributed by atoms with Crippen LogP contribution in [0.5, 0.6) is 0 Å². The monoisotopic (exact) mass is 440 g/mol. The minimum absolute atomic E-state index is 0.143. The molecule has 4 rings (SSSR count). The van der Waals surface area contributed by atoms with Gasteiger partial charge in [0.1, 0.15) is 11.9 Å². The highest BCUT2D eigenvalue weighted by Gasteiger charge is 2.23. The van der Waals surface area contributed by atoms with Crippen molar-refractivity contribution in [3.63, 3.8) is 0 Å². The van der Waals surface area contributed by atoms with E-state index in [1.807, 2.05) is 55.5 Å². The Bertz CT molecular complexity index is 1160. The van der Waals surface area contributed by atoms with Crippen LogP contribution in [-0.4, -0.2) is 36.2 Å². The Labute approximate surface area is 194 Å². The fraction of sp³-hybridized carbons (Fsp3) is 0.296. The molecule has 2 unspecified atom stereocenters. The number of morpholine rings is 1. The third-order valence-electron chi connectivity index (χ3n) is 5.84. The molecule has 6 heteroatoms. The van der Waals surface area contributed by atoms with E-state index in [2.05, 4.69) is 35.1 Å². The Balaban J connectivity index is 1.58. The molecule has 2 heterocycles. The van der Waals surface area contributed by atoms with Gasteiger partial charge >= 0.3 is 0 Å².